The van der Waals surface area contributed by atoms with Crippen LogP contribution < -0.4 is 25.0 Å². The molecule has 2 fully saturated rings. The van der Waals surface area contributed by atoms with E-state index in [9.17, 15) is 9.59 Å². The Morgan fingerprint density at radius 3 is 2.95 bits per heavy atom. The smallest absolute Gasteiger partial charge is 0.415 e. The number of nitrogens with one attached hydrogen (secondary N) is 2. The first-order valence-corrected chi connectivity index (χ1v) is 12.2. The Hall–Kier alpha value is -4.36. The van der Waals surface area contributed by atoms with Gasteiger partial charge in [-0.05, 0) is 37.2 Å². The van der Waals surface area contributed by atoms with Crippen LogP contribution in [0.3, 0.4) is 0 Å². The minimum atomic E-state index is -0.475. The fourth-order valence-corrected chi connectivity index (χ4v) is 4.17. The van der Waals surface area contributed by atoms with E-state index in [2.05, 4.69) is 30.6 Å². The van der Waals surface area contributed by atoms with Crippen molar-refractivity contribution in [3.8, 4) is 22.9 Å². The standard InChI is InChI=1S/C25H25N7O6/c33-22-14-36-20-1-2-21(30-24(20)31-22)32-11-17(38-25(32)34)4-5-26-8-16-7-15(3-6-28-16)19-9-27-10-23(29-19)37-18-12-35-13-18/h1-3,6-7,9-10,17-18,26H,4-5,8,11-14H2,(H,30,31,33)/t17-/m0/s1. The molecule has 0 aliphatic carbocycles. The van der Waals surface area contributed by atoms with Gasteiger partial charge in [-0.1, -0.05) is 0 Å². The lowest BCUT2D eigenvalue weighted by Gasteiger charge is -2.25. The Kier molecular flexibility index (Phi) is 6.67. The highest BCUT2D eigenvalue weighted by Gasteiger charge is 2.33. The maximum absolute atomic E-state index is 12.4. The molecule has 38 heavy (non-hydrogen) atoms. The van der Waals surface area contributed by atoms with Gasteiger partial charge in [-0.15, -0.1) is 0 Å². The molecule has 0 bridgehead atoms. The predicted octanol–water partition coefficient (Wildman–Crippen LogP) is 1.55. The highest BCUT2D eigenvalue weighted by molar-refractivity contribution is 5.95. The minimum Gasteiger partial charge on any atom is -0.480 e. The van der Waals surface area contributed by atoms with Gasteiger partial charge in [-0.25, -0.2) is 14.8 Å². The number of hydrogen-bond acceptors (Lipinski definition) is 11. The molecule has 0 spiro atoms. The number of aromatic nitrogens is 4. The number of anilines is 2. The number of pyridine rings is 2. The number of ether oxygens (including phenoxy) is 4. The molecule has 6 rings (SSSR count). The van der Waals surface area contributed by atoms with Crippen LogP contribution in [0, 0.1) is 0 Å². The third-order valence-corrected chi connectivity index (χ3v) is 6.18. The van der Waals surface area contributed by atoms with Crippen LogP contribution in [0.15, 0.2) is 42.9 Å². The molecule has 0 radical (unpaired) electrons. The zero-order valence-corrected chi connectivity index (χ0v) is 20.3. The van der Waals surface area contributed by atoms with Gasteiger partial charge >= 0.3 is 6.09 Å². The van der Waals surface area contributed by atoms with Gasteiger partial charge in [0.1, 0.15) is 18.0 Å². The van der Waals surface area contributed by atoms with Gasteiger partial charge in [0.2, 0.25) is 5.88 Å². The number of carbonyl (C=O) groups excluding carboxylic acids is 2. The van der Waals surface area contributed by atoms with Crippen molar-refractivity contribution >= 4 is 23.6 Å². The molecule has 0 aromatic carbocycles. The van der Waals surface area contributed by atoms with Crippen molar-refractivity contribution in [2.75, 3.05) is 43.1 Å². The van der Waals surface area contributed by atoms with Crippen molar-refractivity contribution in [1.82, 2.24) is 25.3 Å². The number of rotatable bonds is 9. The van der Waals surface area contributed by atoms with E-state index in [4.69, 9.17) is 18.9 Å². The van der Waals surface area contributed by atoms with Crippen LogP contribution in [0.5, 0.6) is 11.6 Å². The molecule has 0 unspecified atom stereocenters. The van der Waals surface area contributed by atoms with Crippen molar-refractivity contribution in [2.24, 2.45) is 0 Å². The van der Waals surface area contributed by atoms with Gasteiger partial charge in [0.05, 0.1) is 43.5 Å². The summed E-state index contributed by atoms with van der Waals surface area (Å²) in [5.41, 5.74) is 2.43. The average Bonchev–Trinajstić information content (AvgIpc) is 3.29. The molecule has 6 heterocycles. The normalized spacial score (nSPS) is 18.7. The number of amides is 2. The molecule has 13 heteroatoms. The number of fused-ring (bicyclic) bond motifs is 1. The lowest BCUT2D eigenvalue weighted by molar-refractivity contribution is -0.118. The zero-order valence-electron chi connectivity index (χ0n) is 20.3. The van der Waals surface area contributed by atoms with E-state index in [1.54, 1.807) is 30.7 Å². The Balaban J connectivity index is 1.00. The molecule has 0 saturated carbocycles. The van der Waals surface area contributed by atoms with E-state index in [0.717, 1.165) is 11.3 Å². The number of cyclic esters (lactones) is 1. The highest BCUT2D eigenvalue weighted by Crippen LogP contribution is 2.30. The second kappa shape index (κ2) is 10.6. The first-order chi connectivity index (χ1) is 18.6. The fraction of sp³-hybridized carbons (Fsp3) is 0.360. The summed E-state index contributed by atoms with van der Waals surface area (Å²) in [5, 5.41) is 6.00. The molecule has 3 aromatic rings. The first kappa shape index (κ1) is 24.0. The van der Waals surface area contributed by atoms with E-state index in [1.165, 1.54) is 4.90 Å². The summed E-state index contributed by atoms with van der Waals surface area (Å²) < 4.78 is 21.7. The monoisotopic (exact) mass is 519 g/mol. The summed E-state index contributed by atoms with van der Waals surface area (Å²) in [6.45, 7) is 2.59. The van der Waals surface area contributed by atoms with Gasteiger partial charge < -0.3 is 29.6 Å². The van der Waals surface area contributed by atoms with Gasteiger partial charge in [0.15, 0.2) is 18.2 Å². The highest BCUT2D eigenvalue weighted by atomic mass is 16.6. The molecule has 13 nitrogen and oxygen atoms in total. The molecule has 1 atom stereocenters. The third kappa shape index (κ3) is 5.33. The lowest BCUT2D eigenvalue weighted by Crippen LogP contribution is -2.38. The molecule has 196 valence electrons. The van der Waals surface area contributed by atoms with Gasteiger partial charge in [-0.2, -0.15) is 0 Å². The summed E-state index contributed by atoms with van der Waals surface area (Å²) in [4.78, 5) is 43.0. The Bertz CT molecular complexity index is 1350. The number of hydrogen-bond donors (Lipinski definition) is 2. The number of nitrogens with zero attached hydrogens (tertiary/aromatic N) is 5. The minimum absolute atomic E-state index is 0.0227. The van der Waals surface area contributed by atoms with Gasteiger partial charge in [0, 0.05) is 18.3 Å². The van der Waals surface area contributed by atoms with E-state index in [1.807, 2.05) is 12.1 Å². The van der Waals surface area contributed by atoms with Crippen LogP contribution >= 0.6 is 0 Å². The summed E-state index contributed by atoms with van der Waals surface area (Å²) in [6.07, 6.45) is 4.88. The van der Waals surface area contributed by atoms with Gasteiger partial charge in [-0.3, -0.25) is 19.7 Å². The Morgan fingerprint density at radius 1 is 1.16 bits per heavy atom. The Labute approximate surface area is 217 Å². The van der Waals surface area contributed by atoms with Crippen molar-refractivity contribution in [3.63, 3.8) is 0 Å². The molecule has 3 aliphatic rings. The predicted molar refractivity (Wildman–Crippen MR) is 133 cm³/mol. The quantitative estimate of drug-likeness (QED) is 0.396. The van der Waals surface area contributed by atoms with E-state index in [-0.39, 0.29) is 24.7 Å². The summed E-state index contributed by atoms with van der Waals surface area (Å²) in [7, 11) is 0. The molecule has 3 aliphatic heterocycles. The summed E-state index contributed by atoms with van der Waals surface area (Å²) in [6, 6.07) is 7.18. The second-order valence-electron chi connectivity index (χ2n) is 8.99. The first-order valence-electron chi connectivity index (χ1n) is 12.2. The largest absolute Gasteiger partial charge is 0.480 e. The molecule has 2 N–H and O–H groups in total. The molecular weight excluding hydrogens is 494 g/mol. The lowest BCUT2D eigenvalue weighted by atomic mass is 10.1. The summed E-state index contributed by atoms with van der Waals surface area (Å²) in [5.74, 6) is 1.34. The van der Waals surface area contributed by atoms with Crippen LogP contribution in [0.25, 0.3) is 11.3 Å². The van der Waals surface area contributed by atoms with Crippen molar-refractivity contribution in [1.29, 1.82) is 0 Å². The van der Waals surface area contributed by atoms with Crippen molar-refractivity contribution < 1.29 is 28.5 Å². The fourth-order valence-electron chi connectivity index (χ4n) is 4.17. The van der Waals surface area contributed by atoms with Crippen LogP contribution in [0.4, 0.5) is 16.4 Å². The van der Waals surface area contributed by atoms with Crippen LogP contribution in [0.2, 0.25) is 0 Å². The van der Waals surface area contributed by atoms with Crippen LogP contribution in [-0.2, 0) is 20.8 Å². The molecule has 2 amide bonds. The second-order valence-corrected chi connectivity index (χ2v) is 8.99. The third-order valence-electron chi connectivity index (χ3n) is 6.18. The maximum Gasteiger partial charge on any atom is 0.415 e. The average molecular weight is 520 g/mol. The topological polar surface area (TPSA) is 150 Å². The Morgan fingerprint density at radius 2 is 2.08 bits per heavy atom. The SMILES string of the molecule is O=C1COc2ccc(N3C[C@H](CCNCc4cc(-c5cncc(OC6COC6)n5)ccn4)OC3=O)nc2N1. The molecular formula is C25H25N7O6. The zero-order chi connectivity index (χ0) is 25.9. The van der Waals surface area contributed by atoms with Crippen LogP contribution in [-0.4, -0.2) is 77.1 Å². The molecule has 3 aromatic heterocycles. The maximum atomic E-state index is 12.4. The van der Waals surface area contributed by atoms with E-state index < -0.39 is 6.09 Å². The molecule has 2 saturated heterocycles. The van der Waals surface area contributed by atoms with E-state index >= 15 is 0 Å². The van der Waals surface area contributed by atoms with Crippen molar-refractivity contribution in [2.45, 2.75) is 25.2 Å². The van der Waals surface area contributed by atoms with Gasteiger partial charge in [0.25, 0.3) is 5.91 Å². The van der Waals surface area contributed by atoms with Crippen LogP contribution in [0.1, 0.15) is 12.1 Å². The van der Waals surface area contributed by atoms with E-state index in [0.29, 0.717) is 68.2 Å². The van der Waals surface area contributed by atoms with Crippen molar-refractivity contribution in [3.05, 3.63) is 48.5 Å². The summed E-state index contributed by atoms with van der Waals surface area (Å²) >= 11 is 0. The number of carbonyl (C=O) groups is 2.